The second-order valence-electron chi connectivity index (χ2n) is 3.71. The molecule has 0 saturated heterocycles. The Balaban J connectivity index is 2.17. The predicted molar refractivity (Wildman–Crippen MR) is 67.5 cm³/mol. The van der Waals surface area contributed by atoms with Crippen LogP contribution in [0.4, 0.5) is 10.1 Å². The summed E-state index contributed by atoms with van der Waals surface area (Å²) in [7, 11) is 1.90. The number of benzene rings is 1. The van der Waals surface area contributed by atoms with Crippen molar-refractivity contribution >= 4 is 17.0 Å². The van der Waals surface area contributed by atoms with E-state index in [1.54, 1.807) is 17.4 Å². The third-order valence-electron chi connectivity index (χ3n) is 2.49. The Labute approximate surface area is 104 Å². The molecule has 0 N–H and O–H groups in total. The van der Waals surface area contributed by atoms with Crippen LogP contribution < -0.4 is 4.90 Å². The molecular weight excluding hydrogens is 235 g/mol. The molecule has 0 aliphatic rings. The van der Waals surface area contributed by atoms with Crippen LogP contribution in [0.25, 0.3) is 0 Å². The fraction of sp³-hybridized carbons (Fsp3) is 0.154. The number of rotatable bonds is 3. The Hall–Kier alpha value is -1.86. The topological polar surface area (TPSA) is 27.0 Å². The number of hydrogen-bond donors (Lipinski definition) is 0. The lowest BCUT2D eigenvalue weighted by Gasteiger charge is -2.18. The van der Waals surface area contributed by atoms with Gasteiger partial charge < -0.3 is 4.90 Å². The summed E-state index contributed by atoms with van der Waals surface area (Å²) in [4.78, 5) is 3.17. The van der Waals surface area contributed by atoms with Gasteiger partial charge in [-0.15, -0.1) is 11.3 Å². The average molecular weight is 246 g/mol. The number of nitrogens with zero attached hydrogens (tertiary/aromatic N) is 2. The number of anilines is 1. The fourth-order valence-electron chi connectivity index (χ4n) is 1.56. The molecular formula is C13H11FN2S. The number of halogens is 1. The third-order valence-corrected chi connectivity index (χ3v) is 3.35. The van der Waals surface area contributed by atoms with Crippen molar-refractivity contribution in [2.24, 2.45) is 0 Å². The number of hydrogen-bond acceptors (Lipinski definition) is 3. The zero-order chi connectivity index (χ0) is 12.3. The van der Waals surface area contributed by atoms with E-state index in [0.29, 0.717) is 0 Å². The van der Waals surface area contributed by atoms with Crippen molar-refractivity contribution in [3.05, 3.63) is 52.0 Å². The van der Waals surface area contributed by atoms with Crippen LogP contribution in [0.5, 0.6) is 0 Å². The molecule has 2 nitrogen and oxygen atoms in total. The molecule has 0 radical (unpaired) electrons. The minimum absolute atomic E-state index is 0.0817. The van der Waals surface area contributed by atoms with Gasteiger partial charge in [-0.2, -0.15) is 5.26 Å². The fourth-order valence-corrected chi connectivity index (χ4v) is 2.32. The van der Waals surface area contributed by atoms with E-state index < -0.39 is 5.82 Å². The molecule has 0 aliphatic carbocycles. The van der Waals surface area contributed by atoms with Gasteiger partial charge in [-0.25, -0.2) is 4.39 Å². The van der Waals surface area contributed by atoms with Gasteiger partial charge in [-0.3, -0.25) is 0 Å². The second-order valence-corrected chi connectivity index (χ2v) is 4.74. The number of nitriles is 1. The summed E-state index contributed by atoms with van der Waals surface area (Å²) in [6, 6.07) is 10.5. The Morgan fingerprint density at radius 2 is 2.24 bits per heavy atom. The molecule has 0 unspecified atom stereocenters. The Morgan fingerprint density at radius 3 is 2.82 bits per heavy atom. The standard InChI is InChI=1S/C13H11FN2S/c1-16(9-12-3-2-6-17-12)11-5-4-10(8-15)13(14)7-11/h2-7H,9H2,1H3. The van der Waals surface area contributed by atoms with Gasteiger partial charge in [0.15, 0.2) is 0 Å². The van der Waals surface area contributed by atoms with E-state index in [1.165, 1.54) is 17.0 Å². The van der Waals surface area contributed by atoms with Crippen molar-refractivity contribution in [1.82, 2.24) is 0 Å². The first-order valence-corrected chi connectivity index (χ1v) is 6.02. The van der Waals surface area contributed by atoms with Crippen LogP contribution in [0.1, 0.15) is 10.4 Å². The molecule has 0 aliphatic heterocycles. The van der Waals surface area contributed by atoms with Crippen LogP contribution in [0, 0.1) is 17.1 Å². The average Bonchev–Trinajstić information content (AvgIpc) is 2.81. The van der Waals surface area contributed by atoms with Crippen LogP contribution in [0.2, 0.25) is 0 Å². The molecule has 0 spiro atoms. The van der Waals surface area contributed by atoms with Crippen molar-refractivity contribution in [2.45, 2.75) is 6.54 Å². The Kier molecular flexibility index (Phi) is 3.40. The van der Waals surface area contributed by atoms with Gasteiger partial charge in [-0.1, -0.05) is 6.07 Å². The van der Waals surface area contributed by atoms with E-state index in [2.05, 4.69) is 0 Å². The lowest BCUT2D eigenvalue weighted by atomic mass is 10.2. The van der Waals surface area contributed by atoms with Gasteiger partial charge >= 0.3 is 0 Å². The van der Waals surface area contributed by atoms with E-state index in [-0.39, 0.29) is 5.56 Å². The van der Waals surface area contributed by atoms with Crippen molar-refractivity contribution in [2.75, 3.05) is 11.9 Å². The van der Waals surface area contributed by atoms with E-state index in [4.69, 9.17) is 5.26 Å². The SMILES string of the molecule is CN(Cc1cccs1)c1ccc(C#N)c(F)c1. The van der Waals surface area contributed by atoms with Gasteiger partial charge in [0.25, 0.3) is 0 Å². The van der Waals surface area contributed by atoms with E-state index in [9.17, 15) is 4.39 Å². The first-order chi connectivity index (χ1) is 8.20. The Bertz CT molecular complexity index is 543. The number of thiophene rings is 1. The predicted octanol–water partition coefficient (Wildman–Crippen LogP) is 3.40. The highest BCUT2D eigenvalue weighted by molar-refractivity contribution is 7.09. The molecule has 0 amide bonds. The molecule has 4 heteroatoms. The van der Waals surface area contributed by atoms with Crippen LogP contribution in [-0.2, 0) is 6.54 Å². The van der Waals surface area contributed by atoms with E-state index in [1.807, 2.05) is 35.5 Å². The zero-order valence-corrected chi connectivity index (χ0v) is 10.2. The largest absolute Gasteiger partial charge is 0.369 e. The maximum Gasteiger partial charge on any atom is 0.143 e. The molecule has 0 bridgehead atoms. The first kappa shape index (κ1) is 11.6. The highest BCUT2D eigenvalue weighted by Gasteiger charge is 2.07. The van der Waals surface area contributed by atoms with Gasteiger partial charge in [0.1, 0.15) is 11.9 Å². The van der Waals surface area contributed by atoms with Crippen molar-refractivity contribution < 1.29 is 4.39 Å². The van der Waals surface area contributed by atoms with Crippen molar-refractivity contribution in [3.8, 4) is 6.07 Å². The molecule has 0 fully saturated rings. The van der Waals surface area contributed by atoms with Crippen LogP contribution >= 0.6 is 11.3 Å². The molecule has 2 rings (SSSR count). The summed E-state index contributed by atoms with van der Waals surface area (Å²) in [5, 5.41) is 10.7. The first-order valence-electron chi connectivity index (χ1n) is 5.14. The lowest BCUT2D eigenvalue weighted by Crippen LogP contribution is -2.15. The van der Waals surface area contributed by atoms with Crippen LogP contribution in [-0.4, -0.2) is 7.05 Å². The molecule has 0 saturated carbocycles. The third kappa shape index (κ3) is 2.63. The van der Waals surface area contributed by atoms with Gasteiger partial charge in [-0.05, 0) is 29.6 Å². The molecule has 1 aromatic heterocycles. The van der Waals surface area contributed by atoms with E-state index >= 15 is 0 Å². The maximum atomic E-state index is 13.4. The summed E-state index contributed by atoms with van der Waals surface area (Å²) in [6.07, 6.45) is 0. The van der Waals surface area contributed by atoms with Crippen molar-refractivity contribution in [3.63, 3.8) is 0 Å². The smallest absolute Gasteiger partial charge is 0.143 e. The summed E-state index contributed by atoms with van der Waals surface area (Å²) in [5.74, 6) is -0.469. The van der Waals surface area contributed by atoms with Gasteiger partial charge in [0.2, 0.25) is 0 Å². The van der Waals surface area contributed by atoms with Crippen molar-refractivity contribution in [1.29, 1.82) is 5.26 Å². The zero-order valence-electron chi connectivity index (χ0n) is 9.35. The summed E-state index contributed by atoms with van der Waals surface area (Å²) < 4.78 is 13.4. The maximum absolute atomic E-state index is 13.4. The van der Waals surface area contributed by atoms with Crippen LogP contribution in [0.15, 0.2) is 35.7 Å². The minimum Gasteiger partial charge on any atom is -0.369 e. The summed E-state index contributed by atoms with van der Waals surface area (Å²) in [6.45, 7) is 0.739. The normalized spacial score (nSPS) is 9.94. The molecule has 17 heavy (non-hydrogen) atoms. The Morgan fingerprint density at radius 1 is 1.41 bits per heavy atom. The summed E-state index contributed by atoms with van der Waals surface area (Å²) >= 11 is 1.67. The lowest BCUT2D eigenvalue weighted by molar-refractivity contribution is 0.623. The molecule has 1 aromatic carbocycles. The van der Waals surface area contributed by atoms with Gasteiger partial charge in [0.05, 0.1) is 12.1 Å². The van der Waals surface area contributed by atoms with Gasteiger partial charge in [0, 0.05) is 17.6 Å². The quantitative estimate of drug-likeness (QED) is 0.830. The van der Waals surface area contributed by atoms with E-state index in [0.717, 1.165) is 12.2 Å². The molecule has 2 aromatic rings. The monoisotopic (exact) mass is 246 g/mol. The highest BCUT2D eigenvalue weighted by Crippen LogP contribution is 2.20. The molecule has 1 heterocycles. The summed E-state index contributed by atoms with van der Waals surface area (Å²) in [5.41, 5.74) is 0.855. The second kappa shape index (κ2) is 4.98. The molecule has 86 valence electrons. The van der Waals surface area contributed by atoms with Crippen LogP contribution in [0.3, 0.4) is 0 Å². The minimum atomic E-state index is -0.469. The molecule has 0 atom stereocenters. The highest BCUT2D eigenvalue weighted by atomic mass is 32.1.